The molecule has 1 aliphatic heterocycles. The molecule has 4 rings (SSSR count). The van der Waals surface area contributed by atoms with Gasteiger partial charge in [-0.25, -0.2) is 4.79 Å². The molecule has 8 nitrogen and oxygen atoms in total. The molecule has 1 aromatic carbocycles. The van der Waals surface area contributed by atoms with Gasteiger partial charge in [0.1, 0.15) is 11.4 Å². The number of aromatic nitrogens is 2. The van der Waals surface area contributed by atoms with Gasteiger partial charge in [-0.1, -0.05) is 24.3 Å². The summed E-state index contributed by atoms with van der Waals surface area (Å²) in [7, 11) is 1.36. The van der Waals surface area contributed by atoms with Gasteiger partial charge in [0.05, 0.1) is 0 Å². The SMILES string of the molecule is Cn1c2c(c(=O)[nH]c1=O)C1(O)C(=O)c3ccccc3C1(O)N2. The molecule has 1 aromatic heterocycles. The zero-order valence-electron chi connectivity index (χ0n) is 11.4. The summed E-state index contributed by atoms with van der Waals surface area (Å²) < 4.78 is 1.03. The zero-order valence-corrected chi connectivity index (χ0v) is 11.4. The van der Waals surface area contributed by atoms with E-state index in [-0.39, 0.29) is 22.5 Å². The van der Waals surface area contributed by atoms with E-state index < -0.39 is 28.4 Å². The highest BCUT2D eigenvalue weighted by Gasteiger charge is 2.69. The first-order valence-electron chi connectivity index (χ1n) is 6.53. The molecule has 112 valence electrons. The lowest BCUT2D eigenvalue weighted by Crippen LogP contribution is -2.51. The van der Waals surface area contributed by atoms with Crippen LogP contribution in [0, 0.1) is 0 Å². The second-order valence-corrected chi connectivity index (χ2v) is 5.46. The van der Waals surface area contributed by atoms with Gasteiger partial charge in [0, 0.05) is 18.2 Å². The van der Waals surface area contributed by atoms with Gasteiger partial charge in [-0.05, 0) is 0 Å². The van der Waals surface area contributed by atoms with Crippen LogP contribution in [0.25, 0.3) is 0 Å². The molecule has 22 heavy (non-hydrogen) atoms. The number of carbonyl (C=O) groups is 1. The second kappa shape index (κ2) is 3.54. The molecule has 2 unspecified atom stereocenters. The molecule has 2 heterocycles. The van der Waals surface area contributed by atoms with Crippen LogP contribution in [-0.4, -0.2) is 25.5 Å². The Kier molecular flexibility index (Phi) is 2.09. The van der Waals surface area contributed by atoms with Gasteiger partial charge in [-0.3, -0.25) is 19.1 Å². The Morgan fingerprint density at radius 3 is 2.55 bits per heavy atom. The van der Waals surface area contributed by atoms with Crippen molar-refractivity contribution >= 4 is 11.6 Å². The molecule has 0 spiro atoms. The van der Waals surface area contributed by atoms with Crippen molar-refractivity contribution in [2.24, 2.45) is 7.05 Å². The Morgan fingerprint density at radius 2 is 1.82 bits per heavy atom. The maximum absolute atomic E-state index is 12.6. The van der Waals surface area contributed by atoms with Crippen molar-refractivity contribution in [1.82, 2.24) is 9.55 Å². The number of rotatable bonds is 0. The Labute approximate surface area is 122 Å². The van der Waals surface area contributed by atoms with Crippen LogP contribution in [0.5, 0.6) is 0 Å². The summed E-state index contributed by atoms with van der Waals surface area (Å²) in [4.78, 5) is 38.5. The Bertz CT molecular complexity index is 975. The van der Waals surface area contributed by atoms with E-state index in [1.807, 2.05) is 4.98 Å². The third-order valence-corrected chi connectivity index (χ3v) is 4.40. The van der Waals surface area contributed by atoms with E-state index >= 15 is 0 Å². The molecule has 2 aliphatic rings. The molecule has 4 N–H and O–H groups in total. The minimum atomic E-state index is -2.48. The molecule has 2 atom stereocenters. The quantitative estimate of drug-likeness (QED) is 0.481. The van der Waals surface area contributed by atoms with Crippen LogP contribution >= 0.6 is 0 Å². The lowest BCUT2D eigenvalue weighted by atomic mass is 9.88. The summed E-state index contributed by atoms with van der Waals surface area (Å²) in [5, 5.41) is 24.4. The van der Waals surface area contributed by atoms with Gasteiger partial charge >= 0.3 is 5.69 Å². The number of carbonyl (C=O) groups excluding carboxylic acids is 1. The number of anilines is 1. The van der Waals surface area contributed by atoms with E-state index in [4.69, 9.17) is 0 Å². The number of hydrogen-bond donors (Lipinski definition) is 4. The first kappa shape index (κ1) is 13.0. The standard InChI is InChI=1S/C14H11N3O5/c1-17-10-8(11(19)15-12(17)20)13(21)9(18)6-4-2-3-5-7(6)14(13,22)16-10/h2-5,16,21-22H,1H3,(H,15,19,20). The molecule has 8 heteroatoms. The van der Waals surface area contributed by atoms with E-state index in [1.165, 1.54) is 19.2 Å². The fourth-order valence-corrected chi connectivity index (χ4v) is 3.28. The minimum absolute atomic E-state index is 0.0818. The van der Waals surface area contributed by atoms with Crippen molar-refractivity contribution in [1.29, 1.82) is 0 Å². The predicted molar refractivity (Wildman–Crippen MR) is 74.5 cm³/mol. The van der Waals surface area contributed by atoms with Gasteiger partial charge in [-0.15, -0.1) is 0 Å². The van der Waals surface area contributed by atoms with E-state index in [0.29, 0.717) is 0 Å². The Hall–Kier alpha value is -2.71. The van der Waals surface area contributed by atoms with E-state index in [9.17, 15) is 24.6 Å². The van der Waals surface area contributed by atoms with Gasteiger partial charge < -0.3 is 15.5 Å². The van der Waals surface area contributed by atoms with Crippen LogP contribution in [0.1, 0.15) is 21.5 Å². The number of fused-ring (bicyclic) bond motifs is 5. The summed E-state index contributed by atoms with van der Waals surface area (Å²) in [5.74, 6) is -0.873. The van der Waals surface area contributed by atoms with Crippen molar-refractivity contribution in [2.75, 3.05) is 5.32 Å². The maximum atomic E-state index is 12.6. The number of nitrogens with zero attached hydrogens (tertiary/aromatic N) is 1. The largest absolute Gasteiger partial charge is 0.372 e. The maximum Gasteiger partial charge on any atom is 0.329 e. The third-order valence-electron chi connectivity index (χ3n) is 4.40. The van der Waals surface area contributed by atoms with E-state index in [1.54, 1.807) is 12.1 Å². The van der Waals surface area contributed by atoms with Gasteiger partial charge in [0.25, 0.3) is 5.56 Å². The second-order valence-electron chi connectivity index (χ2n) is 5.46. The number of aromatic amines is 1. The highest BCUT2D eigenvalue weighted by Crippen LogP contribution is 2.54. The molecule has 1 aliphatic carbocycles. The number of nitrogens with one attached hydrogen (secondary N) is 2. The third kappa shape index (κ3) is 1.11. The van der Waals surface area contributed by atoms with Gasteiger partial charge in [-0.2, -0.15) is 0 Å². The highest BCUT2D eigenvalue weighted by atomic mass is 16.4. The van der Waals surface area contributed by atoms with Crippen LogP contribution in [0.3, 0.4) is 0 Å². The van der Waals surface area contributed by atoms with Crippen molar-refractivity contribution in [2.45, 2.75) is 11.3 Å². The normalized spacial score (nSPS) is 28.0. The lowest BCUT2D eigenvalue weighted by Gasteiger charge is -2.29. The van der Waals surface area contributed by atoms with Crippen LogP contribution in [0.15, 0.2) is 33.9 Å². The smallest absolute Gasteiger partial charge is 0.329 e. The number of H-pyrrole nitrogens is 1. The molecule has 0 saturated heterocycles. The molecule has 0 radical (unpaired) electrons. The first-order chi connectivity index (χ1) is 10.3. The number of aliphatic hydroxyl groups is 2. The summed E-state index contributed by atoms with van der Waals surface area (Å²) in [5.41, 5.74) is -6.39. The van der Waals surface area contributed by atoms with Crippen LogP contribution in [0.2, 0.25) is 0 Å². The number of Topliss-reactive ketones (excluding diaryl/α,β-unsaturated/α-hetero) is 1. The summed E-state index contributed by atoms with van der Waals surface area (Å²) in [6.07, 6.45) is 0. The van der Waals surface area contributed by atoms with E-state index in [0.717, 1.165) is 4.57 Å². The molecular weight excluding hydrogens is 290 g/mol. The summed E-state index contributed by atoms with van der Waals surface area (Å²) >= 11 is 0. The average Bonchev–Trinajstić information content (AvgIpc) is 2.83. The van der Waals surface area contributed by atoms with Crippen molar-refractivity contribution < 1.29 is 15.0 Å². The number of benzene rings is 1. The number of hydrogen-bond acceptors (Lipinski definition) is 6. The minimum Gasteiger partial charge on any atom is -0.372 e. The first-order valence-corrected chi connectivity index (χ1v) is 6.53. The van der Waals surface area contributed by atoms with E-state index in [2.05, 4.69) is 5.32 Å². The van der Waals surface area contributed by atoms with Gasteiger partial charge in [0.15, 0.2) is 0 Å². The molecular formula is C14H11N3O5. The summed E-state index contributed by atoms with van der Waals surface area (Å²) in [6.45, 7) is 0. The van der Waals surface area contributed by atoms with Crippen molar-refractivity contribution in [3.8, 4) is 0 Å². The Balaban J connectivity index is 2.16. The fraction of sp³-hybridized carbons (Fsp3) is 0.214. The Morgan fingerprint density at radius 1 is 1.14 bits per heavy atom. The molecule has 0 bridgehead atoms. The molecule has 2 aromatic rings. The molecule has 0 fully saturated rings. The zero-order chi connectivity index (χ0) is 15.9. The van der Waals surface area contributed by atoms with Crippen molar-refractivity contribution in [3.63, 3.8) is 0 Å². The topological polar surface area (TPSA) is 124 Å². The monoisotopic (exact) mass is 301 g/mol. The van der Waals surface area contributed by atoms with Crippen LogP contribution < -0.4 is 16.6 Å². The highest BCUT2D eigenvalue weighted by molar-refractivity contribution is 6.11. The molecule has 0 amide bonds. The van der Waals surface area contributed by atoms with Crippen LogP contribution in [0.4, 0.5) is 5.82 Å². The van der Waals surface area contributed by atoms with Gasteiger partial charge in [0.2, 0.25) is 17.1 Å². The van der Waals surface area contributed by atoms with Crippen LogP contribution in [-0.2, 0) is 18.4 Å². The number of ketones is 1. The fourth-order valence-electron chi connectivity index (χ4n) is 3.28. The lowest BCUT2D eigenvalue weighted by molar-refractivity contribution is -0.101. The summed E-state index contributed by atoms with van der Waals surface area (Å²) in [6, 6.07) is 6.14. The average molecular weight is 301 g/mol. The predicted octanol–water partition coefficient (Wildman–Crippen LogP) is -1.27. The van der Waals surface area contributed by atoms with Crippen molar-refractivity contribution in [3.05, 3.63) is 61.8 Å². The molecule has 0 saturated carbocycles.